The van der Waals surface area contributed by atoms with Gasteiger partial charge in [-0.1, -0.05) is 30.3 Å². The van der Waals surface area contributed by atoms with E-state index in [4.69, 9.17) is 0 Å². The second-order valence-electron chi connectivity index (χ2n) is 7.31. The van der Waals surface area contributed by atoms with Crippen LogP contribution in [0, 0.1) is 0 Å². The minimum Gasteiger partial charge on any atom is -0.316 e. The second-order valence-corrected chi connectivity index (χ2v) is 9.26. The van der Waals surface area contributed by atoms with Crippen molar-refractivity contribution in [2.75, 3.05) is 26.0 Å². The van der Waals surface area contributed by atoms with Crippen molar-refractivity contribution in [3.63, 3.8) is 0 Å². The second kappa shape index (κ2) is 7.59. The molecule has 0 aromatic heterocycles. The average Bonchev–Trinajstić information content (AvgIpc) is 3.39. The first-order valence-electron chi connectivity index (χ1n) is 9.34. The van der Waals surface area contributed by atoms with Crippen LogP contribution in [0.5, 0.6) is 0 Å². The van der Waals surface area contributed by atoms with Crippen molar-refractivity contribution in [3.05, 3.63) is 53.1 Å². The van der Waals surface area contributed by atoms with Crippen LogP contribution in [0.15, 0.2) is 56.5 Å². The van der Waals surface area contributed by atoms with E-state index in [2.05, 4.69) is 20.5 Å². The lowest BCUT2D eigenvalue weighted by molar-refractivity contribution is -0.139. The molecule has 0 radical (unpaired) electrons. The van der Waals surface area contributed by atoms with Crippen LogP contribution in [-0.2, 0) is 16.0 Å². The van der Waals surface area contributed by atoms with Crippen molar-refractivity contribution in [2.45, 2.75) is 23.4 Å². The van der Waals surface area contributed by atoms with E-state index >= 15 is 0 Å². The number of nitrogens with one attached hydrogen (secondary N) is 1. The zero-order chi connectivity index (χ0) is 21.5. The fourth-order valence-electron chi connectivity index (χ4n) is 3.89. The summed E-state index contributed by atoms with van der Waals surface area (Å²) < 4.78 is 65.8. The summed E-state index contributed by atoms with van der Waals surface area (Å²) in [5, 5.41) is 10.8. The third-order valence-electron chi connectivity index (χ3n) is 5.26. The normalized spacial score (nSPS) is 19.3. The average molecular weight is 436 g/mol. The van der Waals surface area contributed by atoms with Crippen LogP contribution in [0.25, 0.3) is 11.1 Å². The molecule has 1 unspecified atom stereocenters. The van der Waals surface area contributed by atoms with Crippen LogP contribution in [0.3, 0.4) is 0 Å². The number of nitrogens with zero attached hydrogens (tertiary/aromatic N) is 3. The van der Waals surface area contributed by atoms with Gasteiger partial charge in [0.15, 0.2) is 22.3 Å². The molecule has 1 fully saturated rings. The first-order valence-corrected chi connectivity index (χ1v) is 11.2. The van der Waals surface area contributed by atoms with E-state index in [1.54, 1.807) is 12.1 Å². The summed E-state index contributed by atoms with van der Waals surface area (Å²) >= 11 is 0. The molecule has 0 aliphatic carbocycles. The Labute approximate surface area is 171 Å². The molecule has 2 aliphatic heterocycles. The van der Waals surface area contributed by atoms with E-state index in [0.717, 1.165) is 37.4 Å². The molecule has 2 aromatic carbocycles. The maximum Gasteiger partial charge on any atom is 0.417 e. The van der Waals surface area contributed by atoms with E-state index in [1.807, 2.05) is 12.1 Å². The third-order valence-corrected chi connectivity index (χ3v) is 6.43. The maximum atomic E-state index is 13.6. The molecule has 2 heterocycles. The van der Waals surface area contributed by atoms with Gasteiger partial charge in [0.2, 0.25) is 0 Å². The number of alkyl halides is 3. The van der Waals surface area contributed by atoms with Crippen LogP contribution in [-0.4, -0.2) is 40.3 Å². The van der Waals surface area contributed by atoms with Crippen molar-refractivity contribution in [1.82, 2.24) is 5.32 Å². The molecule has 30 heavy (non-hydrogen) atoms. The number of hydrogen-bond donors (Lipinski definition) is 1. The molecule has 0 bridgehead atoms. The Morgan fingerprint density at radius 1 is 1.10 bits per heavy atom. The van der Waals surface area contributed by atoms with Gasteiger partial charge in [0.1, 0.15) is 0 Å². The Morgan fingerprint density at radius 3 is 2.37 bits per heavy atom. The smallest absolute Gasteiger partial charge is 0.316 e. The van der Waals surface area contributed by atoms with Gasteiger partial charge in [-0.2, -0.15) is 18.3 Å². The molecule has 0 amide bonds. The van der Waals surface area contributed by atoms with E-state index in [1.165, 1.54) is 6.07 Å². The van der Waals surface area contributed by atoms with Gasteiger partial charge >= 0.3 is 6.18 Å². The molecule has 2 aliphatic rings. The van der Waals surface area contributed by atoms with Gasteiger partial charge < -0.3 is 5.32 Å². The predicted octanol–water partition coefficient (Wildman–Crippen LogP) is 4.02. The molecule has 0 spiro atoms. The van der Waals surface area contributed by atoms with E-state index < -0.39 is 26.5 Å². The highest BCUT2D eigenvalue weighted by Crippen LogP contribution is 2.41. The number of sulfone groups is 1. The molecule has 1 N–H and O–H groups in total. The topological polar surface area (TPSA) is 83.2 Å². The fourth-order valence-corrected chi connectivity index (χ4v) is 5.04. The van der Waals surface area contributed by atoms with Crippen molar-refractivity contribution >= 4 is 15.7 Å². The molecule has 1 atom stereocenters. The Bertz CT molecular complexity index is 1130. The van der Waals surface area contributed by atoms with Crippen molar-refractivity contribution in [3.8, 4) is 11.1 Å². The molecule has 158 valence electrons. The molecule has 4 rings (SSSR count). The van der Waals surface area contributed by atoms with Crippen molar-refractivity contribution in [2.24, 2.45) is 15.2 Å². The minimum atomic E-state index is -4.85. The molecule has 2 aromatic rings. The van der Waals surface area contributed by atoms with Crippen molar-refractivity contribution in [1.29, 1.82) is 0 Å². The van der Waals surface area contributed by atoms with E-state index in [0.29, 0.717) is 17.0 Å². The van der Waals surface area contributed by atoms with E-state index in [-0.39, 0.29) is 18.1 Å². The van der Waals surface area contributed by atoms with E-state index in [9.17, 15) is 21.6 Å². The Kier molecular flexibility index (Phi) is 5.23. The van der Waals surface area contributed by atoms with Gasteiger partial charge in [0.05, 0.1) is 10.5 Å². The molecule has 6 nitrogen and oxygen atoms in total. The largest absolute Gasteiger partial charge is 0.417 e. The lowest BCUT2D eigenvalue weighted by Gasteiger charge is -2.19. The molecule has 0 saturated carbocycles. The van der Waals surface area contributed by atoms with Gasteiger partial charge in [-0.05, 0) is 41.6 Å². The van der Waals surface area contributed by atoms with Crippen molar-refractivity contribution < 1.29 is 21.6 Å². The highest BCUT2D eigenvalue weighted by molar-refractivity contribution is 7.90. The van der Waals surface area contributed by atoms with Crippen LogP contribution < -0.4 is 5.32 Å². The number of hydrogen-bond acceptors (Lipinski definition) is 6. The molecular weight excluding hydrogens is 417 g/mol. The first-order chi connectivity index (χ1) is 14.2. The molecule has 10 heteroatoms. The van der Waals surface area contributed by atoms with Gasteiger partial charge in [0, 0.05) is 18.4 Å². The number of aliphatic imine (C=N–C) groups is 1. The zero-order valence-corrected chi connectivity index (χ0v) is 16.9. The molecular formula is C20H19F3N4O2S. The zero-order valence-electron chi connectivity index (χ0n) is 16.1. The highest BCUT2D eigenvalue weighted by Gasteiger charge is 2.39. The Balaban J connectivity index is 1.93. The van der Waals surface area contributed by atoms with Gasteiger partial charge in [-0.3, -0.25) is 0 Å². The number of azo groups is 1. The monoisotopic (exact) mass is 436 g/mol. The highest BCUT2D eigenvalue weighted by atomic mass is 32.2. The standard InChI is InChI=1S/C20H19F3N4O2S/c1-30(28,29)18-16(20(21,22)23)7-6-15(17(18)19-25-11-26-27-19)13-4-2-12(3-5-13)14-8-9-24-10-14/h2-7,14,24H,8-11H2,1H3. The van der Waals surface area contributed by atoms with Crippen LogP contribution in [0.4, 0.5) is 13.2 Å². The first kappa shape index (κ1) is 20.7. The van der Waals surface area contributed by atoms with Crippen LogP contribution in [0.2, 0.25) is 0 Å². The Morgan fingerprint density at radius 2 is 1.83 bits per heavy atom. The maximum absolute atomic E-state index is 13.6. The summed E-state index contributed by atoms with van der Waals surface area (Å²) in [4.78, 5) is 3.19. The summed E-state index contributed by atoms with van der Waals surface area (Å²) in [5.74, 6) is 0.270. The summed E-state index contributed by atoms with van der Waals surface area (Å²) in [6.45, 7) is 1.76. The predicted molar refractivity (Wildman–Crippen MR) is 106 cm³/mol. The van der Waals surface area contributed by atoms with Gasteiger partial charge in [-0.25, -0.2) is 13.4 Å². The minimum absolute atomic E-state index is 0.0537. The summed E-state index contributed by atoms with van der Waals surface area (Å²) in [6.07, 6.45) is -3.07. The summed E-state index contributed by atoms with van der Waals surface area (Å²) in [5.41, 5.74) is 0.631. The number of rotatable bonds is 4. The lowest BCUT2D eigenvalue weighted by Crippen LogP contribution is -2.17. The molecule has 1 saturated heterocycles. The number of benzene rings is 2. The van der Waals surface area contributed by atoms with Gasteiger partial charge in [-0.15, -0.1) is 5.11 Å². The number of amidine groups is 1. The van der Waals surface area contributed by atoms with Crippen LogP contribution in [0.1, 0.15) is 29.0 Å². The summed E-state index contributed by atoms with van der Waals surface area (Å²) in [6, 6.07) is 9.50. The SMILES string of the molecule is CS(=O)(=O)c1c(C(F)(F)F)ccc(-c2ccc(C3CCNC3)cc2)c1C1=NCN=N1. The van der Waals surface area contributed by atoms with Gasteiger partial charge in [0.25, 0.3) is 0 Å². The Hall–Kier alpha value is -2.59. The number of halogens is 3. The third kappa shape index (κ3) is 3.89. The summed E-state index contributed by atoms with van der Waals surface area (Å²) in [7, 11) is -4.25. The van der Waals surface area contributed by atoms with Crippen LogP contribution >= 0.6 is 0 Å². The fraction of sp³-hybridized carbons (Fsp3) is 0.350. The lowest BCUT2D eigenvalue weighted by atomic mass is 9.92. The quantitative estimate of drug-likeness (QED) is 0.786.